The fourth-order valence-electron chi connectivity index (χ4n) is 2.62. The highest BCUT2D eigenvalue weighted by Gasteiger charge is 2.32. The molecule has 0 saturated carbocycles. The lowest BCUT2D eigenvalue weighted by Gasteiger charge is -2.46. The molecule has 2 atom stereocenters. The predicted molar refractivity (Wildman–Crippen MR) is 81.1 cm³/mol. The molecular weight excluding hydrogens is 255 g/mol. The summed E-state index contributed by atoms with van der Waals surface area (Å²) in [5, 5.41) is 3.58. The minimum atomic E-state index is -0.284. The lowest BCUT2D eigenvalue weighted by Crippen LogP contribution is -2.62. The Morgan fingerprint density at radius 3 is 2.80 bits per heavy atom. The van der Waals surface area contributed by atoms with Crippen molar-refractivity contribution in [2.24, 2.45) is 0 Å². The average Bonchev–Trinajstić information content (AvgIpc) is 2.44. The van der Waals surface area contributed by atoms with Crippen molar-refractivity contribution in [3.8, 4) is 5.75 Å². The van der Waals surface area contributed by atoms with Crippen molar-refractivity contribution in [2.45, 2.75) is 45.7 Å². The van der Waals surface area contributed by atoms with Crippen LogP contribution in [0, 0.1) is 5.82 Å². The minimum absolute atomic E-state index is 0.0849. The zero-order valence-corrected chi connectivity index (χ0v) is 12.9. The quantitative estimate of drug-likeness (QED) is 0.916. The summed E-state index contributed by atoms with van der Waals surface area (Å²) in [4.78, 5) is 2.28. The molecule has 1 aromatic rings. The van der Waals surface area contributed by atoms with E-state index in [2.05, 4.69) is 31.0 Å². The summed E-state index contributed by atoms with van der Waals surface area (Å²) in [5.41, 5.74) is 1.02. The molecule has 1 heterocycles. The molecule has 0 amide bonds. The standard InChI is InChI=1S/C16H25FN2O/c1-5-16(4)11-19(12(3)10-18-16)13-7-8-15(20-6-2)14(17)9-13/h7-9,12,18H,5-6,10-11H2,1-4H3. The number of piperazine rings is 1. The third-order valence-electron chi connectivity index (χ3n) is 4.20. The van der Waals surface area contributed by atoms with Crippen LogP contribution in [0.5, 0.6) is 5.75 Å². The highest BCUT2D eigenvalue weighted by Crippen LogP contribution is 2.29. The Hall–Kier alpha value is -1.29. The van der Waals surface area contributed by atoms with Crippen molar-refractivity contribution in [1.82, 2.24) is 5.32 Å². The molecule has 2 rings (SSSR count). The van der Waals surface area contributed by atoms with Gasteiger partial charge in [-0.3, -0.25) is 0 Å². The van der Waals surface area contributed by atoms with E-state index in [0.29, 0.717) is 18.4 Å². The van der Waals surface area contributed by atoms with E-state index < -0.39 is 0 Å². The molecule has 3 nitrogen and oxygen atoms in total. The summed E-state index contributed by atoms with van der Waals surface area (Å²) in [6, 6.07) is 5.62. The average molecular weight is 280 g/mol. The Morgan fingerprint density at radius 1 is 1.45 bits per heavy atom. The molecule has 1 aliphatic heterocycles. The highest BCUT2D eigenvalue weighted by atomic mass is 19.1. The number of rotatable bonds is 4. The van der Waals surface area contributed by atoms with Crippen molar-refractivity contribution in [2.75, 3.05) is 24.6 Å². The topological polar surface area (TPSA) is 24.5 Å². The summed E-state index contributed by atoms with van der Waals surface area (Å²) in [6.07, 6.45) is 1.05. The Bertz CT molecular complexity index is 466. The van der Waals surface area contributed by atoms with E-state index in [4.69, 9.17) is 4.74 Å². The van der Waals surface area contributed by atoms with Crippen LogP contribution in [0.25, 0.3) is 0 Å². The monoisotopic (exact) mass is 280 g/mol. The second kappa shape index (κ2) is 6.00. The molecule has 0 aromatic heterocycles. The van der Waals surface area contributed by atoms with Gasteiger partial charge in [0.25, 0.3) is 0 Å². The van der Waals surface area contributed by atoms with Gasteiger partial charge in [0.15, 0.2) is 11.6 Å². The first-order valence-corrected chi connectivity index (χ1v) is 7.43. The first kappa shape index (κ1) is 15.1. The first-order chi connectivity index (χ1) is 9.49. The molecule has 1 fully saturated rings. The number of hydrogen-bond donors (Lipinski definition) is 1. The lowest BCUT2D eigenvalue weighted by molar-refractivity contribution is 0.285. The second-order valence-corrected chi connectivity index (χ2v) is 5.82. The van der Waals surface area contributed by atoms with Crippen LogP contribution in [0.1, 0.15) is 34.1 Å². The molecule has 1 aliphatic rings. The maximum absolute atomic E-state index is 14.0. The Balaban J connectivity index is 2.23. The lowest BCUT2D eigenvalue weighted by atomic mass is 9.93. The van der Waals surface area contributed by atoms with Crippen molar-refractivity contribution in [3.63, 3.8) is 0 Å². The molecule has 0 spiro atoms. The molecule has 1 N–H and O–H groups in total. The van der Waals surface area contributed by atoms with Crippen LogP contribution in [0.2, 0.25) is 0 Å². The zero-order valence-electron chi connectivity index (χ0n) is 12.9. The van der Waals surface area contributed by atoms with Gasteiger partial charge in [-0.2, -0.15) is 0 Å². The highest BCUT2D eigenvalue weighted by molar-refractivity contribution is 5.51. The molecular formula is C16H25FN2O. The van der Waals surface area contributed by atoms with Gasteiger partial charge in [0.2, 0.25) is 0 Å². The summed E-state index contributed by atoms with van der Waals surface area (Å²) < 4.78 is 19.3. The van der Waals surface area contributed by atoms with Gasteiger partial charge in [-0.25, -0.2) is 4.39 Å². The molecule has 0 bridgehead atoms. The second-order valence-electron chi connectivity index (χ2n) is 5.82. The number of benzene rings is 1. The summed E-state index contributed by atoms with van der Waals surface area (Å²) in [7, 11) is 0. The molecule has 1 saturated heterocycles. The van der Waals surface area contributed by atoms with Gasteiger partial charge in [-0.1, -0.05) is 6.92 Å². The van der Waals surface area contributed by atoms with Gasteiger partial charge >= 0.3 is 0 Å². The van der Waals surface area contributed by atoms with Crippen LogP contribution < -0.4 is 15.0 Å². The van der Waals surface area contributed by atoms with Crippen LogP contribution in [0.4, 0.5) is 10.1 Å². The van der Waals surface area contributed by atoms with Gasteiger partial charge in [-0.05, 0) is 39.3 Å². The third-order valence-corrected chi connectivity index (χ3v) is 4.20. The SMILES string of the molecule is CCOc1ccc(N2CC(C)(CC)NCC2C)cc1F. The molecule has 20 heavy (non-hydrogen) atoms. The molecule has 1 aromatic carbocycles. The molecule has 2 unspecified atom stereocenters. The van der Waals surface area contributed by atoms with Gasteiger partial charge in [0, 0.05) is 36.4 Å². The number of nitrogens with zero attached hydrogens (tertiary/aromatic N) is 1. The normalized spacial score (nSPS) is 26.6. The fraction of sp³-hybridized carbons (Fsp3) is 0.625. The summed E-state index contributed by atoms with van der Waals surface area (Å²) in [5.74, 6) is 0.0468. The number of nitrogens with one attached hydrogen (secondary N) is 1. The molecule has 0 radical (unpaired) electrons. The largest absolute Gasteiger partial charge is 0.491 e. The third kappa shape index (κ3) is 3.06. The number of ether oxygens (including phenoxy) is 1. The van der Waals surface area contributed by atoms with Crippen LogP contribution in [0.15, 0.2) is 18.2 Å². The molecule has 112 valence electrons. The van der Waals surface area contributed by atoms with Crippen molar-refractivity contribution >= 4 is 5.69 Å². The van der Waals surface area contributed by atoms with E-state index in [0.717, 1.165) is 25.2 Å². The number of anilines is 1. The van der Waals surface area contributed by atoms with E-state index in [1.54, 1.807) is 12.1 Å². The van der Waals surface area contributed by atoms with E-state index in [9.17, 15) is 4.39 Å². The summed E-state index contributed by atoms with van der Waals surface area (Å²) >= 11 is 0. The van der Waals surface area contributed by atoms with E-state index in [1.807, 2.05) is 13.0 Å². The Labute approximate surface area is 121 Å². The maximum atomic E-state index is 14.0. The van der Waals surface area contributed by atoms with Crippen LogP contribution in [-0.4, -0.2) is 31.3 Å². The van der Waals surface area contributed by atoms with Crippen LogP contribution in [-0.2, 0) is 0 Å². The number of hydrogen-bond acceptors (Lipinski definition) is 3. The zero-order chi connectivity index (χ0) is 14.8. The van der Waals surface area contributed by atoms with Gasteiger partial charge in [0.1, 0.15) is 0 Å². The maximum Gasteiger partial charge on any atom is 0.167 e. The van der Waals surface area contributed by atoms with Crippen molar-refractivity contribution < 1.29 is 9.13 Å². The fourth-order valence-corrected chi connectivity index (χ4v) is 2.62. The summed E-state index contributed by atoms with van der Waals surface area (Å²) in [6.45, 7) is 10.7. The smallest absolute Gasteiger partial charge is 0.167 e. The van der Waals surface area contributed by atoms with E-state index >= 15 is 0 Å². The van der Waals surface area contributed by atoms with E-state index in [-0.39, 0.29) is 11.4 Å². The Morgan fingerprint density at radius 2 is 2.20 bits per heavy atom. The van der Waals surface area contributed by atoms with Gasteiger partial charge in [-0.15, -0.1) is 0 Å². The van der Waals surface area contributed by atoms with Crippen LogP contribution >= 0.6 is 0 Å². The van der Waals surface area contributed by atoms with Gasteiger partial charge < -0.3 is 15.0 Å². The van der Waals surface area contributed by atoms with Crippen molar-refractivity contribution in [1.29, 1.82) is 0 Å². The van der Waals surface area contributed by atoms with Crippen LogP contribution in [0.3, 0.4) is 0 Å². The van der Waals surface area contributed by atoms with E-state index in [1.165, 1.54) is 0 Å². The predicted octanol–water partition coefficient (Wildman–Crippen LogP) is 3.19. The molecule has 0 aliphatic carbocycles. The molecule has 4 heteroatoms. The van der Waals surface area contributed by atoms with Crippen molar-refractivity contribution in [3.05, 3.63) is 24.0 Å². The van der Waals surface area contributed by atoms with Gasteiger partial charge in [0.05, 0.1) is 6.61 Å². The number of halogens is 1. The Kier molecular flexibility index (Phi) is 4.53. The first-order valence-electron chi connectivity index (χ1n) is 7.43. The minimum Gasteiger partial charge on any atom is -0.491 e.